The van der Waals surface area contributed by atoms with Crippen LogP contribution >= 0.6 is 0 Å². The Hall–Kier alpha value is -1.67. The van der Waals surface area contributed by atoms with Gasteiger partial charge in [-0.3, -0.25) is 4.79 Å². The molecule has 0 bridgehead atoms. The van der Waals surface area contributed by atoms with Crippen LogP contribution in [0.15, 0.2) is 23.9 Å². The molecule has 0 spiro atoms. The summed E-state index contributed by atoms with van der Waals surface area (Å²) in [5.41, 5.74) is 0. The molecule has 1 fully saturated rings. The molecule has 0 radical (unpaired) electrons. The number of carbonyl (C=O) groups excluding carboxylic acids is 1. The number of amides is 1. The molecule has 1 N–H and O–H groups in total. The highest BCUT2D eigenvalue weighted by Gasteiger charge is 2.33. The van der Waals surface area contributed by atoms with Crippen molar-refractivity contribution in [3.8, 4) is 0 Å². The van der Waals surface area contributed by atoms with Gasteiger partial charge in [-0.1, -0.05) is 6.08 Å². The molecule has 1 amide bonds. The quantitative estimate of drug-likeness (QED) is 0.795. The highest BCUT2D eigenvalue weighted by atomic mass is 32.2. The zero-order valence-electron chi connectivity index (χ0n) is 12.9. The van der Waals surface area contributed by atoms with Gasteiger partial charge < -0.3 is 9.88 Å². The topological polar surface area (TPSA) is 84.3 Å². The number of aromatic nitrogens is 2. The number of aryl methyl sites for hydroxylation is 2. The smallest absolute Gasteiger partial charge is 0.262 e. The van der Waals surface area contributed by atoms with Gasteiger partial charge in [0, 0.05) is 38.8 Å². The third-order valence-electron chi connectivity index (χ3n) is 3.94. The van der Waals surface area contributed by atoms with E-state index in [0.29, 0.717) is 38.3 Å². The van der Waals surface area contributed by atoms with E-state index in [4.69, 9.17) is 0 Å². The number of sulfonamides is 1. The first-order chi connectivity index (χ1) is 10.4. The molecule has 0 saturated carbocycles. The summed E-state index contributed by atoms with van der Waals surface area (Å²) in [4.78, 5) is 16.0. The Morgan fingerprint density at radius 3 is 2.64 bits per heavy atom. The number of rotatable bonds is 5. The van der Waals surface area contributed by atoms with Gasteiger partial charge in [0.15, 0.2) is 5.03 Å². The van der Waals surface area contributed by atoms with Gasteiger partial charge in [0.25, 0.3) is 10.0 Å². The highest BCUT2D eigenvalue weighted by molar-refractivity contribution is 7.89. The van der Waals surface area contributed by atoms with Crippen LogP contribution in [0.2, 0.25) is 0 Å². The summed E-state index contributed by atoms with van der Waals surface area (Å²) in [5.74, 6) is 0.472. The van der Waals surface area contributed by atoms with Crippen LogP contribution in [0.25, 0.3) is 0 Å². The van der Waals surface area contributed by atoms with E-state index in [9.17, 15) is 13.2 Å². The van der Waals surface area contributed by atoms with Crippen LogP contribution < -0.4 is 5.32 Å². The molecule has 8 heteroatoms. The molecule has 1 aliphatic rings. The maximum atomic E-state index is 12.5. The molecular weight excluding hydrogens is 304 g/mol. The summed E-state index contributed by atoms with van der Waals surface area (Å²) < 4.78 is 28.2. The number of carbonyl (C=O) groups is 1. The van der Waals surface area contributed by atoms with E-state index >= 15 is 0 Å². The minimum atomic E-state index is -3.58. The fraction of sp³-hybridized carbons (Fsp3) is 0.571. The first kappa shape index (κ1) is 16.7. The number of nitrogens with zero attached hydrogens (tertiary/aromatic N) is 3. The van der Waals surface area contributed by atoms with Gasteiger partial charge in [0.05, 0.1) is 0 Å². The molecule has 7 nitrogen and oxygen atoms in total. The molecule has 2 heterocycles. The standard InChI is InChI=1S/C14H22N4O3S/c1-4-7-15-14(19)12-5-8-18(9-6-12)22(20,21)13-10-17(3)11(2)16-13/h4,10,12H,1,5-9H2,2-3H3,(H,15,19). The second kappa shape index (κ2) is 6.62. The summed E-state index contributed by atoms with van der Waals surface area (Å²) in [6, 6.07) is 0. The Balaban J connectivity index is 2.01. The Labute approximate surface area is 131 Å². The molecule has 1 saturated heterocycles. The lowest BCUT2D eigenvalue weighted by molar-refractivity contribution is -0.125. The molecule has 22 heavy (non-hydrogen) atoms. The maximum absolute atomic E-state index is 12.5. The molecular formula is C14H22N4O3S. The molecule has 1 aromatic heterocycles. The van der Waals surface area contributed by atoms with Crippen LogP contribution in [0.1, 0.15) is 18.7 Å². The summed E-state index contributed by atoms with van der Waals surface area (Å²) in [6.07, 6.45) is 4.19. The molecule has 0 aromatic carbocycles. The van der Waals surface area contributed by atoms with Crippen molar-refractivity contribution in [2.24, 2.45) is 13.0 Å². The van der Waals surface area contributed by atoms with Crippen molar-refractivity contribution in [1.29, 1.82) is 0 Å². The Bertz CT molecular complexity index is 638. The van der Waals surface area contributed by atoms with E-state index in [0.717, 1.165) is 0 Å². The molecule has 1 aromatic rings. The second-order valence-electron chi connectivity index (χ2n) is 5.45. The SMILES string of the molecule is C=CCNC(=O)C1CCN(S(=O)(=O)c2cn(C)c(C)n2)CC1. The van der Waals surface area contributed by atoms with E-state index in [1.165, 1.54) is 10.5 Å². The molecule has 0 aliphatic carbocycles. The number of piperidine rings is 1. The second-order valence-corrected chi connectivity index (χ2v) is 7.33. The van der Waals surface area contributed by atoms with Crippen LogP contribution in [0.5, 0.6) is 0 Å². The van der Waals surface area contributed by atoms with Crippen molar-refractivity contribution in [3.63, 3.8) is 0 Å². The maximum Gasteiger partial charge on any atom is 0.262 e. The lowest BCUT2D eigenvalue weighted by Gasteiger charge is -2.29. The monoisotopic (exact) mass is 326 g/mol. The molecule has 0 unspecified atom stereocenters. The molecule has 0 atom stereocenters. The zero-order valence-corrected chi connectivity index (χ0v) is 13.8. The van der Waals surface area contributed by atoms with Crippen LogP contribution in [-0.2, 0) is 21.9 Å². The van der Waals surface area contributed by atoms with Gasteiger partial charge in [-0.05, 0) is 19.8 Å². The molecule has 122 valence electrons. The van der Waals surface area contributed by atoms with Gasteiger partial charge in [-0.2, -0.15) is 4.31 Å². The zero-order chi connectivity index (χ0) is 16.3. The predicted octanol–water partition coefficient (Wildman–Crippen LogP) is 0.431. The summed E-state index contributed by atoms with van der Waals surface area (Å²) in [6.45, 7) is 6.42. The number of hydrogen-bond donors (Lipinski definition) is 1. The summed E-state index contributed by atoms with van der Waals surface area (Å²) >= 11 is 0. The fourth-order valence-corrected chi connectivity index (χ4v) is 3.95. The van der Waals surface area contributed by atoms with Gasteiger partial charge in [0.1, 0.15) is 5.82 Å². The Morgan fingerprint density at radius 1 is 1.50 bits per heavy atom. The molecule has 2 rings (SSSR count). The van der Waals surface area contributed by atoms with E-state index in [1.54, 1.807) is 24.6 Å². The first-order valence-corrected chi connectivity index (χ1v) is 8.69. The summed E-state index contributed by atoms with van der Waals surface area (Å²) in [7, 11) is -1.81. The van der Waals surface area contributed by atoms with Crippen LogP contribution in [0.3, 0.4) is 0 Å². The van der Waals surface area contributed by atoms with E-state index in [1.807, 2.05) is 0 Å². The van der Waals surface area contributed by atoms with E-state index < -0.39 is 10.0 Å². The van der Waals surface area contributed by atoms with Crippen LogP contribution in [0, 0.1) is 12.8 Å². The third kappa shape index (κ3) is 3.38. The normalized spacial score (nSPS) is 17.4. The highest BCUT2D eigenvalue weighted by Crippen LogP contribution is 2.23. The summed E-state index contributed by atoms with van der Waals surface area (Å²) in [5, 5.41) is 2.83. The molecule has 1 aliphatic heterocycles. The Kier molecular flexibility index (Phi) is 5.02. The minimum Gasteiger partial charge on any atom is -0.352 e. The average molecular weight is 326 g/mol. The van der Waals surface area contributed by atoms with Crippen LogP contribution in [-0.4, -0.2) is 47.8 Å². The Morgan fingerprint density at radius 2 is 2.14 bits per heavy atom. The van der Waals surface area contributed by atoms with Crippen molar-refractivity contribution >= 4 is 15.9 Å². The van der Waals surface area contributed by atoms with Gasteiger partial charge in [-0.25, -0.2) is 13.4 Å². The van der Waals surface area contributed by atoms with Gasteiger partial charge >= 0.3 is 0 Å². The largest absolute Gasteiger partial charge is 0.352 e. The van der Waals surface area contributed by atoms with Crippen molar-refractivity contribution in [1.82, 2.24) is 19.2 Å². The predicted molar refractivity (Wildman–Crippen MR) is 82.6 cm³/mol. The lowest BCUT2D eigenvalue weighted by Crippen LogP contribution is -2.43. The minimum absolute atomic E-state index is 0.0365. The van der Waals surface area contributed by atoms with Gasteiger partial charge in [-0.15, -0.1) is 6.58 Å². The third-order valence-corrected chi connectivity index (χ3v) is 5.71. The number of imidazole rings is 1. The van der Waals surface area contributed by atoms with Crippen molar-refractivity contribution in [3.05, 3.63) is 24.7 Å². The van der Waals surface area contributed by atoms with Gasteiger partial charge in [0.2, 0.25) is 5.91 Å². The van der Waals surface area contributed by atoms with Crippen molar-refractivity contribution in [2.75, 3.05) is 19.6 Å². The van der Waals surface area contributed by atoms with E-state index in [2.05, 4.69) is 16.9 Å². The first-order valence-electron chi connectivity index (χ1n) is 7.25. The lowest BCUT2D eigenvalue weighted by atomic mass is 9.97. The average Bonchev–Trinajstić information content (AvgIpc) is 2.85. The van der Waals surface area contributed by atoms with Crippen molar-refractivity contribution in [2.45, 2.75) is 24.8 Å². The van der Waals surface area contributed by atoms with Crippen molar-refractivity contribution < 1.29 is 13.2 Å². The number of hydrogen-bond acceptors (Lipinski definition) is 4. The number of nitrogens with one attached hydrogen (secondary N) is 1. The van der Waals surface area contributed by atoms with Crippen LogP contribution in [0.4, 0.5) is 0 Å². The van der Waals surface area contributed by atoms with E-state index in [-0.39, 0.29) is 16.9 Å². The fourth-order valence-electron chi connectivity index (χ4n) is 2.46.